The SMILES string of the molecule is CCN(CC)c1n[nH]c2nc(-c3nn(Cc4ccccc4F)c4ncccc34)nc(N)c12. The smallest absolute Gasteiger partial charge is 0.184 e. The minimum atomic E-state index is -0.295. The summed E-state index contributed by atoms with van der Waals surface area (Å²) >= 11 is 0. The average molecular weight is 431 g/mol. The molecule has 0 spiro atoms. The largest absolute Gasteiger partial charge is 0.383 e. The third-order valence-corrected chi connectivity index (χ3v) is 5.49. The van der Waals surface area contributed by atoms with Crippen LogP contribution in [-0.2, 0) is 6.54 Å². The van der Waals surface area contributed by atoms with Crippen LogP contribution in [-0.4, -0.2) is 48.0 Å². The van der Waals surface area contributed by atoms with E-state index in [1.165, 1.54) is 6.07 Å². The minimum absolute atomic E-state index is 0.230. The summed E-state index contributed by atoms with van der Waals surface area (Å²) in [6, 6.07) is 10.3. The molecule has 1 aromatic carbocycles. The number of pyridine rings is 1. The molecule has 0 aliphatic heterocycles. The first kappa shape index (κ1) is 19.9. The fourth-order valence-corrected chi connectivity index (χ4v) is 3.87. The Hall–Kier alpha value is -4.08. The number of nitrogens with zero attached hydrogens (tertiary/aromatic N) is 7. The molecule has 4 aromatic heterocycles. The van der Waals surface area contributed by atoms with Crippen molar-refractivity contribution in [3.63, 3.8) is 0 Å². The van der Waals surface area contributed by atoms with E-state index in [1.807, 2.05) is 12.1 Å². The van der Waals surface area contributed by atoms with E-state index in [9.17, 15) is 4.39 Å². The second kappa shape index (κ2) is 7.88. The Morgan fingerprint density at radius 1 is 1.09 bits per heavy atom. The second-order valence-electron chi connectivity index (χ2n) is 7.35. The summed E-state index contributed by atoms with van der Waals surface area (Å²) in [4.78, 5) is 15.7. The second-order valence-corrected chi connectivity index (χ2v) is 7.35. The third-order valence-electron chi connectivity index (χ3n) is 5.49. The molecule has 0 aliphatic carbocycles. The van der Waals surface area contributed by atoms with Crippen molar-refractivity contribution in [2.45, 2.75) is 20.4 Å². The zero-order valence-corrected chi connectivity index (χ0v) is 17.7. The number of nitrogens with one attached hydrogen (secondary N) is 1. The number of anilines is 2. The van der Waals surface area contributed by atoms with E-state index in [4.69, 9.17) is 5.73 Å². The van der Waals surface area contributed by atoms with E-state index in [1.54, 1.807) is 29.1 Å². The van der Waals surface area contributed by atoms with Crippen LogP contribution in [0.5, 0.6) is 0 Å². The molecule has 0 saturated carbocycles. The summed E-state index contributed by atoms with van der Waals surface area (Å²) in [7, 11) is 0. The van der Waals surface area contributed by atoms with Crippen molar-refractivity contribution in [1.29, 1.82) is 0 Å². The highest BCUT2D eigenvalue weighted by molar-refractivity contribution is 5.98. The predicted molar refractivity (Wildman–Crippen MR) is 122 cm³/mol. The van der Waals surface area contributed by atoms with Crippen LogP contribution in [0, 0.1) is 5.82 Å². The summed E-state index contributed by atoms with van der Waals surface area (Å²) in [5.74, 6) is 1.11. The van der Waals surface area contributed by atoms with Gasteiger partial charge in [-0.1, -0.05) is 18.2 Å². The molecule has 0 amide bonds. The lowest BCUT2D eigenvalue weighted by Gasteiger charge is -2.18. The van der Waals surface area contributed by atoms with Crippen LogP contribution in [0.1, 0.15) is 19.4 Å². The van der Waals surface area contributed by atoms with Crippen LogP contribution in [0.4, 0.5) is 16.0 Å². The number of nitrogens with two attached hydrogens (primary N) is 1. The van der Waals surface area contributed by atoms with Gasteiger partial charge in [-0.2, -0.15) is 10.2 Å². The zero-order valence-electron chi connectivity index (χ0n) is 17.7. The van der Waals surface area contributed by atoms with Crippen LogP contribution >= 0.6 is 0 Å². The molecule has 162 valence electrons. The van der Waals surface area contributed by atoms with Crippen LogP contribution in [0.15, 0.2) is 42.6 Å². The van der Waals surface area contributed by atoms with Gasteiger partial charge in [-0.3, -0.25) is 5.10 Å². The Bertz CT molecular complexity index is 1420. The monoisotopic (exact) mass is 431 g/mol. The first-order chi connectivity index (χ1) is 15.6. The predicted octanol–water partition coefficient (Wildman–Crippen LogP) is 3.38. The van der Waals surface area contributed by atoms with Crippen molar-refractivity contribution in [3.05, 3.63) is 54.0 Å². The average Bonchev–Trinajstić information content (AvgIpc) is 3.39. The molecule has 0 unspecified atom stereocenters. The van der Waals surface area contributed by atoms with Crippen LogP contribution in [0.3, 0.4) is 0 Å². The zero-order chi connectivity index (χ0) is 22.2. The topological polar surface area (TPSA) is 114 Å². The number of halogens is 1. The van der Waals surface area contributed by atoms with Gasteiger partial charge in [0.2, 0.25) is 0 Å². The van der Waals surface area contributed by atoms with E-state index in [2.05, 4.69) is 49.0 Å². The third kappa shape index (κ3) is 3.20. The van der Waals surface area contributed by atoms with Gasteiger partial charge >= 0.3 is 0 Å². The molecule has 0 saturated heterocycles. The molecular formula is C22H22FN9. The van der Waals surface area contributed by atoms with E-state index >= 15 is 0 Å². The Morgan fingerprint density at radius 3 is 2.69 bits per heavy atom. The van der Waals surface area contributed by atoms with Gasteiger partial charge < -0.3 is 10.6 Å². The molecule has 10 heteroatoms. The lowest BCUT2D eigenvalue weighted by molar-refractivity contribution is 0.589. The number of rotatable bonds is 6. The molecule has 0 atom stereocenters. The van der Waals surface area contributed by atoms with Gasteiger partial charge in [0, 0.05) is 24.8 Å². The van der Waals surface area contributed by atoms with Gasteiger partial charge in [-0.05, 0) is 32.0 Å². The maximum atomic E-state index is 14.2. The molecule has 32 heavy (non-hydrogen) atoms. The number of H-pyrrole nitrogens is 1. The first-order valence-corrected chi connectivity index (χ1v) is 10.4. The van der Waals surface area contributed by atoms with Gasteiger partial charge in [0.05, 0.1) is 11.9 Å². The Labute approximate surface area is 183 Å². The van der Waals surface area contributed by atoms with Crippen LogP contribution in [0.2, 0.25) is 0 Å². The summed E-state index contributed by atoms with van der Waals surface area (Å²) < 4.78 is 15.9. The van der Waals surface area contributed by atoms with Gasteiger partial charge in [-0.25, -0.2) is 24.0 Å². The maximum Gasteiger partial charge on any atom is 0.184 e. The maximum absolute atomic E-state index is 14.2. The minimum Gasteiger partial charge on any atom is -0.383 e. The molecule has 0 fully saturated rings. The fourth-order valence-electron chi connectivity index (χ4n) is 3.87. The lowest BCUT2D eigenvalue weighted by atomic mass is 10.2. The molecule has 5 rings (SSSR count). The Kier molecular flexibility index (Phi) is 4.89. The summed E-state index contributed by atoms with van der Waals surface area (Å²) in [6.45, 7) is 5.91. The Morgan fingerprint density at radius 2 is 1.91 bits per heavy atom. The highest BCUT2D eigenvalue weighted by Gasteiger charge is 2.21. The van der Waals surface area contributed by atoms with Crippen molar-refractivity contribution in [1.82, 2.24) is 34.9 Å². The number of benzene rings is 1. The number of nitrogen functional groups attached to an aromatic ring is 1. The summed E-state index contributed by atoms with van der Waals surface area (Å²) in [5.41, 5.74) is 8.53. The van der Waals surface area contributed by atoms with Crippen molar-refractivity contribution < 1.29 is 4.39 Å². The quantitative estimate of drug-likeness (QED) is 0.423. The highest BCUT2D eigenvalue weighted by Crippen LogP contribution is 2.31. The van der Waals surface area contributed by atoms with Crippen LogP contribution < -0.4 is 10.6 Å². The van der Waals surface area contributed by atoms with Crippen molar-refractivity contribution in [2.75, 3.05) is 23.7 Å². The Balaban J connectivity index is 1.64. The normalized spacial score (nSPS) is 11.5. The molecule has 0 radical (unpaired) electrons. The molecular weight excluding hydrogens is 409 g/mol. The molecule has 0 aliphatic rings. The van der Waals surface area contributed by atoms with E-state index in [0.717, 1.165) is 24.3 Å². The number of hydrogen-bond acceptors (Lipinski definition) is 7. The number of fused-ring (bicyclic) bond motifs is 2. The fraction of sp³-hybridized carbons (Fsp3) is 0.227. The van der Waals surface area contributed by atoms with Crippen molar-refractivity contribution in [2.24, 2.45) is 0 Å². The van der Waals surface area contributed by atoms with Crippen molar-refractivity contribution >= 4 is 33.7 Å². The molecule has 5 aromatic rings. The number of aromatic nitrogens is 7. The van der Waals surface area contributed by atoms with Gasteiger partial charge in [-0.15, -0.1) is 0 Å². The summed E-state index contributed by atoms with van der Waals surface area (Å²) in [5, 5.41) is 13.5. The van der Waals surface area contributed by atoms with Gasteiger partial charge in [0.1, 0.15) is 22.7 Å². The molecule has 3 N–H and O–H groups in total. The van der Waals surface area contributed by atoms with Crippen LogP contribution in [0.25, 0.3) is 33.6 Å². The van der Waals surface area contributed by atoms with E-state index in [-0.39, 0.29) is 12.4 Å². The first-order valence-electron chi connectivity index (χ1n) is 10.4. The molecule has 0 bridgehead atoms. The molecule has 4 heterocycles. The van der Waals surface area contributed by atoms with E-state index < -0.39 is 0 Å². The number of aromatic amines is 1. The summed E-state index contributed by atoms with van der Waals surface area (Å²) in [6.07, 6.45) is 1.68. The van der Waals surface area contributed by atoms with Gasteiger partial charge in [0.15, 0.2) is 22.9 Å². The lowest BCUT2D eigenvalue weighted by Crippen LogP contribution is -2.22. The highest BCUT2D eigenvalue weighted by atomic mass is 19.1. The van der Waals surface area contributed by atoms with Gasteiger partial charge in [0.25, 0.3) is 0 Å². The standard InChI is InChI=1S/C22H22FN9/c1-3-31(4-2)22-16-18(24)26-20(27-19(16)28-29-22)17-14-9-7-11-25-21(14)32(30-17)12-13-8-5-6-10-15(13)23/h5-11H,3-4,12H2,1-2H3,(H3,24,26,27,28,29). The van der Waals surface area contributed by atoms with E-state index in [0.29, 0.717) is 39.6 Å². The number of hydrogen-bond donors (Lipinski definition) is 2. The van der Waals surface area contributed by atoms with Crippen molar-refractivity contribution in [3.8, 4) is 11.5 Å². The molecule has 9 nitrogen and oxygen atoms in total.